The number of halogens is 2. The second-order valence-electron chi connectivity index (χ2n) is 6.57. The van der Waals surface area contributed by atoms with Gasteiger partial charge in [-0.15, -0.1) is 0 Å². The third-order valence-corrected chi connectivity index (χ3v) is 5.51. The van der Waals surface area contributed by atoms with Crippen LogP contribution in [0, 0.1) is 11.6 Å². The van der Waals surface area contributed by atoms with E-state index in [1.165, 1.54) is 11.1 Å². The van der Waals surface area contributed by atoms with E-state index in [0.717, 1.165) is 25.0 Å². The van der Waals surface area contributed by atoms with Crippen LogP contribution < -0.4 is 4.74 Å². The zero-order chi connectivity index (χ0) is 17.0. The molecule has 0 saturated heterocycles. The van der Waals surface area contributed by atoms with Gasteiger partial charge in [0.05, 0.1) is 7.11 Å². The smallest absolute Gasteiger partial charge is 0.204 e. The molecule has 2 atom stereocenters. The molecule has 0 fully saturated rings. The Morgan fingerprint density at radius 2 is 1.71 bits per heavy atom. The number of phenolic OH excluding ortho intramolecular Hbond substituents is 2. The van der Waals surface area contributed by atoms with Gasteiger partial charge in [-0.05, 0) is 60.8 Å². The first kappa shape index (κ1) is 15.2. The molecule has 2 aromatic rings. The Hall–Kier alpha value is -2.30. The fourth-order valence-corrected chi connectivity index (χ4v) is 4.40. The van der Waals surface area contributed by atoms with Crippen LogP contribution in [0.2, 0.25) is 0 Å². The summed E-state index contributed by atoms with van der Waals surface area (Å²) in [5.74, 6) is -3.20. The Labute approximate surface area is 138 Å². The predicted octanol–water partition coefficient (Wildman–Crippen LogP) is 4.14. The van der Waals surface area contributed by atoms with Crippen molar-refractivity contribution < 1.29 is 23.7 Å². The van der Waals surface area contributed by atoms with Crippen molar-refractivity contribution in [3.05, 3.63) is 52.1 Å². The van der Waals surface area contributed by atoms with Crippen LogP contribution in [-0.2, 0) is 12.8 Å². The third kappa shape index (κ3) is 2.00. The maximum absolute atomic E-state index is 13.9. The molecule has 4 rings (SSSR count). The number of hydrogen-bond donors (Lipinski definition) is 2. The molecule has 2 aromatic carbocycles. The van der Waals surface area contributed by atoms with Crippen molar-refractivity contribution >= 4 is 0 Å². The van der Waals surface area contributed by atoms with Crippen LogP contribution in [0.15, 0.2) is 18.2 Å². The topological polar surface area (TPSA) is 49.7 Å². The summed E-state index contributed by atoms with van der Waals surface area (Å²) in [6.07, 6.45) is 2.63. The Morgan fingerprint density at radius 1 is 1.00 bits per heavy atom. The summed E-state index contributed by atoms with van der Waals surface area (Å²) >= 11 is 0. The Bertz CT molecular complexity index is 832. The Balaban J connectivity index is 1.85. The van der Waals surface area contributed by atoms with Crippen molar-refractivity contribution in [2.75, 3.05) is 7.11 Å². The zero-order valence-electron chi connectivity index (χ0n) is 13.3. The molecule has 126 valence electrons. The standard InChI is InChI=1S/C19H18F2O3/c1-24-10-3-5-11-9(8-10)2-4-13-12(11)6-7-14-15(13)19(23)17(21)16(20)18(14)22/h3,5,8,12-13,22-23H,2,4,6-7H2,1H3. The lowest BCUT2D eigenvalue weighted by molar-refractivity contribution is 0.337. The molecule has 0 spiro atoms. The summed E-state index contributed by atoms with van der Waals surface area (Å²) in [5.41, 5.74) is 3.10. The Kier molecular flexibility index (Phi) is 3.41. The maximum Gasteiger partial charge on any atom is 0.204 e. The highest BCUT2D eigenvalue weighted by molar-refractivity contribution is 5.55. The fraction of sp³-hybridized carbons (Fsp3) is 0.368. The lowest BCUT2D eigenvalue weighted by Crippen LogP contribution is -2.25. The first-order chi connectivity index (χ1) is 11.5. The number of aromatic hydroxyl groups is 2. The summed E-state index contributed by atoms with van der Waals surface area (Å²) in [4.78, 5) is 0. The average molecular weight is 332 g/mol. The fourth-order valence-electron chi connectivity index (χ4n) is 4.40. The van der Waals surface area contributed by atoms with Gasteiger partial charge in [0.2, 0.25) is 11.6 Å². The first-order valence-corrected chi connectivity index (χ1v) is 8.11. The third-order valence-electron chi connectivity index (χ3n) is 5.51. The number of methoxy groups -OCH3 is 1. The van der Waals surface area contributed by atoms with Crippen LogP contribution >= 0.6 is 0 Å². The van der Waals surface area contributed by atoms with Crippen LogP contribution in [0.25, 0.3) is 0 Å². The zero-order valence-corrected chi connectivity index (χ0v) is 13.3. The van der Waals surface area contributed by atoms with E-state index in [9.17, 15) is 19.0 Å². The van der Waals surface area contributed by atoms with Gasteiger partial charge in [0.15, 0.2) is 11.5 Å². The molecule has 0 aromatic heterocycles. The van der Waals surface area contributed by atoms with E-state index in [4.69, 9.17) is 4.74 Å². The number of benzene rings is 2. The van der Waals surface area contributed by atoms with Gasteiger partial charge in [-0.2, -0.15) is 8.78 Å². The summed E-state index contributed by atoms with van der Waals surface area (Å²) in [7, 11) is 1.63. The largest absolute Gasteiger partial charge is 0.505 e. The Morgan fingerprint density at radius 3 is 2.46 bits per heavy atom. The van der Waals surface area contributed by atoms with Gasteiger partial charge < -0.3 is 14.9 Å². The number of hydrogen-bond acceptors (Lipinski definition) is 3. The lowest BCUT2D eigenvalue weighted by atomic mass is 9.65. The van der Waals surface area contributed by atoms with Crippen molar-refractivity contribution in [1.29, 1.82) is 0 Å². The van der Waals surface area contributed by atoms with E-state index in [2.05, 4.69) is 0 Å². The molecule has 2 unspecified atom stereocenters. The van der Waals surface area contributed by atoms with E-state index in [1.54, 1.807) is 7.11 Å². The van der Waals surface area contributed by atoms with Crippen molar-refractivity contribution in [3.63, 3.8) is 0 Å². The van der Waals surface area contributed by atoms with Crippen molar-refractivity contribution in [2.45, 2.75) is 37.5 Å². The van der Waals surface area contributed by atoms with Crippen molar-refractivity contribution in [2.24, 2.45) is 0 Å². The second-order valence-corrected chi connectivity index (χ2v) is 6.57. The van der Waals surface area contributed by atoms with Crippen LogP contribution in [-0.4, -0.2) is 17.3 Å². The van der Waals surface area contributed by atoms with Gasteiger partial charge in [0.25, 0.3) is 0 Å². The van der Waals surface area contributed by atoms with Gasteiger partial charge in [0, 0.05) is 11.1 Å². The summed E-state index contributed by atoms with van der Waals surface area (Å²) in [6.45, 7) is 0. The number of aryl methyl sites for hydroxylation is 1. The second kappa shape index (κ2) is 5.36. The highest BCUT2D eigenvalue weighted by Crippen LogP contribution is 2.54. The molecule has 2 aliphatic carbocycles. The van der Waals surface area contributed by atoms with Gasteiger partial charge in [-0.25, -0.2) is 0 Å². The predicted molar refractivity (Wildman–Crippen MR) is 84.8 cm³/mol. The van der Waals surface area contributed by atoms with Crippen LogP contribution in [0.3, 0.4) is 0 Å². The molecule has 0 bridgehead atoms. The number of phenols is 2. The van der Waals surface area contributed by atoms with Gasteiger partial charge in [-0.3, -0.25) is 0 Å². The molecule has 24 heavy (non-hydrogen) atoms. The van der Waals surface area contributed by atoms with Crippen molar-refractivity contribution in [3.8, 4) is 17.2 Å². The molecule has 0 radical (unpaired) electrons. The van der Waals surface area contributed by atoms with E-state index >= 15 is 0 Å². The van der Waals surface area contributed by atoms with Gasteiger partial charge in [-0.1, -0.05) is 6.07 Å². The summed E-state index contributed by atoms with van der Waals surface area (Å²) in [5, 5.41) is 20.1. The molecule has 0 saturated carbocycles. The SMILES string of the molecule is COc1ccc2c(c1)CCC1c3c(O)c(F)c(F)c(O)c3CCC21. The van der Waals surface area contributed by atoms with Crippen LogP contribution in [0.5, 0.6) is 17.2 Å². The van der Waals surface area contributed by atoms with Crippen LogP contribution in [0.4, 0.5) is 8.78 Å². The van der Waals surface area contributed by atoms with Crippen molar-refractivity contribution in [1.82, 2.24) is 0 Å². The summed E-state index contributed by atoms with van der Waals surface area (Å²) in [6, 6.07) is 5.94. The van der Waals surface area contributed by atoms with E-state index in [-0.39, 0.29) is 11.8 Å². The minimum Gasteiger partial charge on any atom is -0.505 e. The van der Waals surface area contributed by atoms with Gasteiger partial charge in [0.1, 0.15) is 5.75 Å². The molecule has 2 aliphatic rings. The quantitative estimate of drug-likeness (QED) is 0.772. The van der Waals surface area contributed by atoms with E-state index in [0.29, 0.717) is 17.5 Å². The van der Waals surface area contributed by atoms with Crippen LogP contribution in [0.1, 0.15) is 46.9 Å². The molecular formula is C19H18F2O3. The highest BCUT2D eigenvalue weighted by Gasteiger charge is 2.40. The molecule has 5 heteroatoms. The number of ether oxygens (including phenoxy) is 1. The molecule has 0 amide bonds. The first-order valence-electron chi connectivity index (χ1n) is 8.11. The highest BCUT2D eigenvalue weighted by atomic mass is 19.2. The minimum absolute atomic E-state index is 0.115. The molecule has 2 N–H and O–H groups in total. The van der Waals surface area contributed by atoms with Gasteiger partial charge >= 0.3 is 0 Å². The molecule has 0 aliphatic heterocycles. The molecule has 3 nitrogen and oxygen atoms in total. The minimum atomic E-state index is -1.36. The molecular weight excluding hydrogens is 314 g/mol. The number of fused-ring (bicyclic) bond motifs is 5. The van der Waals surface area contributed by atoms with E-state index in [1.807, 2.05) is 18.2 Å². The summed E-state index contributed by atoms with van der Waals surface area (Å²) < 4.78 is 32.9. The lowest BCUT2D eigenvalue weighted by Gasteiger charge is -2.39. The average Bonchev–Trinajstić information content (AvgIpc) is 2.62. The molecule has 0 heterocycles. The normalized spacial score (nSPS) is 21.6. The number of rotatable bonds is 1. The monoisotopic (exact) mass is 332 g/mol. The van der Waals surface area contributed by atoms with E-state index < -0.39 is 23.1 Å². The maximum atomic E-state index is 13.9.